The van der Waals surface area contributed by atoms with Gasteiger partial charge >= 0.3 is 5.97 Å². The van der Waals surface area contributed by atoms with E-state index in [2.05, 4.69) is 30.0 Å². The van der Waals surface area contributed by atoms with E-state index < -0.39 is 5.97 Å². The Hall–Kier alpha value is -2.99. The van der Waals surface area contributed by atoms with Crippen LogP contribution < -0.4 is 4.90 Å². The largest absolute Gasteiger partial charge is 0.478 e. The molecule has 28 heavy (non-hydrogen) atoms. The molecule has 140 valence electrons. The quantitative estimate of drug-likeness (QED) is 0.522. The maximum Gasteiger partial charge on any atom is 0.335 e. The van der Waals surface area contributed by atoms with Crippen molar-refractivity contribution >= 4 is 44.2 Å². The average Bonchev–Trinajstić information content (AvgIpc) is 3.32. The highest BCUT2D eigenvalue weighted by atomic mass is 32.1. The summed E-state index contributed by atoms with van der Waals surface area (Å²) in [4.78, 5) is 24.6. The van der Waals surface area contributed by atoms with Crippen molar-refractivity contribution in [2.24, 2.45) is 0 Å². The normalized spacial score (nSPS) is 16.9. The van der Waals surface area contributed by atoms with Crippen molar-refractivity contribution in [2.45, 2.75) is 25.8 Å². The van der Waals surface area contributed by atoms with Crippen molar-refractivity contribution in [2.75, 3.05) is 11.4 Å². The molecule has 0 spiro atoms. The summed E-state index contributed by atoms with van der Waals surface area (Å²) in [6.45, 7) is 3.15. The van der Waals surface area contributed by atoms with Gasteiger partial charge < -0.3 is 10.0 Å². The summed E-state index contributed by atoms with van der Waals surface area (Å²) in [6, 6.07) is 15.8. The number of aromatic carboxylic acids is 1. The molecule has 1 aliphatic heterocycles. The van der Waals surface area contributed by atoms with Crippen LogP contribution in [-0.4, -0.2) is 33.6 Å². The van der Waals surface area contributed by atoms with E-state index in [0.717, 1.165) is 35.8 Å². The second-order valence-electron chi connectivity index (χ2n) is 7.24. The molecule has 0 radical (unpaired) electrons. The minimum Gasteiger partial charge on any atom is -0.478 e. The molecular formula is C22H19N3O2S. The van der Waals surface area contributed by atoms with E-state index >= 15 is 0 Å². The van der Waals surface area contributed by atoms with Crippen LogP contribution in [0.2, 0.25) is 0 Å². The first-order valence-electron chi connectivity index (χ1n) is 9.41. The number of carbonyl (C=O) groups is 1. The van der Waals surface area contributed by atoms with Crippen molar-refractivity contribution in [3.63, 3.8) is 0 Å². The highest BCUT2D eigenvalue weighted by Gasteiger charge is 2.26. The van der Waals surface area contributed by atoms with Gasteiger partial charge in [0, 0.05) is 17.3 Å². The van der Waals surface area contributed by atoms with Crippen LogP contribution in [0.15, 0.2) is 48.5 Å². The lowest BCUT2D eigenvalue weighted by Gasteiger charge is -2.24. The fourth-order valence-electron chi connectivity index (χ4n) is 3.89. The van der Waals surface area contributed by atoms with Gasteiger partial charge in [-0.25, -0.2) is 14.8 Å². The molecule has 1 atom stereocenters. The summed E-state index contributed by atoms with van der Waals surface area (Å²) in [6.07, 6.45) is 2.25. The Bertz CT molecular complexity index is 1180. The maximum absolute atomic E-state index is 11.4. The molecule has 1 aliphatic rings. The van der Waals surface area contributed by atoms with Gasteiger partial charge in [0.2, 0.25) is 0 Å². The second kappa shape index (κ2) is 6.56. The van der Waals surface area contributed by atoms with E-state index in [4.69, 9.17) is 9.97 Å². The number of anilines is 1. The van der Waals surface area contributed by atoms with Crippen molar-refractivity contribution in [3.05, 3.63) is 54.1 Å². The Balaban J connectivity index is 1.75. The fraction of sp³-hybridized carbons (Fsp3) is 0.227. The van der Waals surface area contributed by atoms with Gasteiger partial charge in [-0.2, -0.15) is 0 Å². The number of hydrogen-bond donors (Lipinski definition) is 1. The van der Waals surface area contributed by atoms with Crippen LogP contribution in [0.25, 0.3) is 31.7 Å². The van der Waals surface area contributed by atoms with Gasteiger partial charge in [0.05, 0.1) is 21.5 Å². The number of carboxylic acid groups (broad SMARTS) is 1. The first-order valence-corrected chi connectivity index (χ1v) is 10.2. The van der Waals surface area contributed by atoms with Gasteiger partial charge in [-0.05, 0) is 55.5 Å². The SMILES string of the molecule is C[C@H]1CCCN1c1nc2cc(C(=O)O)ccc2nc1-c1cc2ccccc2s1. The number of fused-ring (bicyclic) bond motifs is 2. The molecule has 1 saturated heterocycles. The Morgan fingerprint density at radius 2 is 2.00 bits per heavy atom. The summed E-state index contributed by atoms with van der Waals surface area (Å²) < 4.78 is 1.22. The molecule has 3 heterocycles. The molecule has 1 N–H and O–H groups in total. The lowest BCUT2D eigenvalue weighted by Crippen LogP contribution is -2.28. The first kappa shape index (κ1) is 17.1. The third-order valence-corrected chi connectivity index (χ3v) is 6.50. The smallest absolute Gasteiger partial charge is 0.335 e. The molecule has 0 amide bonds. The Morgan fingerprint density at radius 1 is 1.14 bits per heavy atom. The molecule has 0 saturated carbocycles. The molecule has 5 nitrogen and oxygen atoms in total. The van der Waals surface area contributed by atoms with Crippen molar-refractivity contribution < 1.29 is 9.90 Å². The van der Waals surface area contributed by atoms with Crippen molar-refractivity contribution in [1.29, 1.82) is 0 Å². The monoisotopic (exact) mass is 389 g/mol. The van der Waals surface area contributed by atoms with E-state index in [1.807, 2.05) is 12.1 Å². The molecule has 1 fully saturated rings. The van der Waals surface area contributed by atoms with Crippen LogP contribution in [0.5, 0.6) is 0 Å². The highest BCUT2D eigenvalue weighted by Crippen LogP contribution is 2.39. The van der Waals surface area contributed by atoms with Gasteiger partial charge in [-0.1, -0.05) is 18.2 Å². The summed E-state index contributed by atoms with van der Waals surface area (Å²) in [5, 5.41) is 10.5. The minimum absolute atomic E-state index is 0.233. The number of hydrogen-bond acceptors (Lipinski definition) is 5. The number of nitrogens with zero attached hydrogens (tertiary/aromatic N) is 3. The fourth-order valence-corrected chi connectivity index (χ4v) is 4.94. The van der Waals surface area contributed by atoms with Crippen LogP contribution in [0, 0.1) is 0 Å². The Labute approximate surface area is 166 Å². The molecule has 2 aromatic carbocycles. The van der Waals surface area contributed by atoms with Gasteiger partial charge in [-0.3, -0.25) is 0 Å². The predicted molar refractivity (Wildman–Crippen MR) is 113 cm³/mol. The molecule has 0 bridgehead atoms. The van der Waals surface area contributed by atoms with Gasteiger partial charge in [0.1, 0.15) is 5.69 Å². The molecule has 2 aromatic heterocycles. The third-order valence-electron chi connectivity index (χ3n) is 5.38. The summed E-state index contributed by atoms with van der Waals surface area (Å²) in [7, 11) is 0. The zero-order valence-electron chi connectivity index (χ0n) is 15.4. The van der Waals surface area contributed by atoms with E-state index in [-0.39, 0.29) is 5.56 Å². The van der Waals surface area contributed by atoms with Crippen molar-refractivity contribution in [1.82, 2.24) is 9.97 Å². The minimum atomic E-state index is -0.951. The standard InChI is InChI=1S/C22H19N3O2S/c1-13-5-4-10-25(13)21-20(19-12-14-6-2-3-7-18(14)28-19)23-16-9-8-15(22(26)27)11-17(16)24-21/h2-3,6-9,11-13H,4-5,10H2,1H3,(H,26,27)/t13-/m0/s1. The van der Waals surface area contributed by atoms with E-state index in [9.17, 15) is 9.90 Å². The Morgan fingerprint density at radius 3 is 2.75 bits per heavy atom. The molecule has 0 aliphatic carbocycles. The number of carboxylic acids is 1. The van der Waals surface area contributed by atoms with Crippen LogP contribution >= 0.6 is 11.3 Å². The topological polar surface area (TPSA) is 66.3 Å². The average molecular weight is 389 g/mol. The van der Waals surface area contributed by atoms with E-state index in [1.165, 1.54) is 10.1 Å². The molecule has 0 unspecified atom stereocenters. The predicted octanol–water partition coefficient (Wildman–Crippen LogP) is 5.20. The van der Waals surface area contributed by atoms with Crippen LogP contribution in [-0.2, 0) is 0 Å². The molecular weight excluding hydrogens is 370 g/mol. The summed E-state index contributed by atoms with van der Waals surface area (Å²) in [5.74, 6) is -0.0973. The zero-order chi connectivity index (χ0) is 19.3. The molecule has 5 rings (SSSR count). The van der Waals surface area contributed by atoms with E-state index in [0.29, 0.717) is 17.1 Å². The first-order chi connectivity index (χ1) is 13.6. The van der Waals surface area contributed by atoms with Gasteiger partial charge in [0.25, 0.3) is 0 Å². The number of benzene rings is 2. The van der Waals surface area contributed by atoms with Crippen LogP contribution in [0.3, 0.4) is 0 Å². The maximum atomic E-state index is 11.4. The lowest BCUT2D eigenvalue weighted by atomic mass is 10.1. The Kier molecular flexibility index (Phi) is 4.02. The highest BCUT2D eigenvalue weighted by molar-refractivity contribution is 7.22. The summed E-state index contributed by atoms with van der Waals surface area (Å²) >= 11 is 1.72. The summed E-state index contributed by atoms with van der Waals surface area (Å²) in [5.41, 5.74) is 2.45. The number of rotatable bonds is 3. The molecule has 6 heteroatoms. The number of thiophene rings is 1. The van der Waals surface area contributed by atoms with Gasteiger partial charge in [-0.15, -0.1) is 11.3 Å². The van der Waals surface area contributed by atoms with Gasteiger partial charge in [0.15, 0.2) is 5.82 Å². The zero-order valence-corrected chi connectivity index (χ0v) is 16.2. The third kappa shape index (κ3) is 2.81. The molecule has 4 aromatic rings. The van der Waals surface area contributed by atoms with Crippen molar-refractivity contribution in [3.8, 4) is 10.6 Å². The van der Waals surface area contributed by atoms with Crippen LogP contribution in [0.1, 0.15) is 30.1 Å². The number of aromatic nitrogens is 2. The lowest BCUT2D eigenvalue weighted by molar-refractivity contribution is 0.0697. The second-order valence-corrected chi connectivity index (χ2v) is 8.32. The van der Waals surface area contributed by atoms with E-state index in [1.54, 1.807) is 29.5 Å². The van der Waals surface area contributed by atoms with Crippen LogP contribution in [0.4, 0.5) is 5.82 Å².